The summed E-state index contributed by atoms with van der Waals surface area (Å²) in [5.41, 5.74) is 9.53. The fourth-order valence-corrected chi connectivity index (χ4v) is 3.64. The van der Waals surface area contributed by atoms with Gasteiger partial charge in [-0.3, -0.25) is 9.69 Å². The summed E-state index contributed by atoms with van der Waals surface area (Å²) in [6.45, 7) is 2.10. The van der Waals surface area contributed by atoms with E-state index >= 15 is 0 Å². The average molecular weight is 381 g/mol. The third-order valence-electron chi connectivity index (χ3n) is 5.12. The Morgan fingerprint density at radius 3 is 2.32 bits per heavy atom. The van der Waals surface area contributed by atoms with Crippen LogP contribution in [0, 0.1) is 0 Å². The molecule has 7 nitrogen and oxygen atoms in total. The minimum Gasteiger partial charge on any atom is -0.444 e. The van der Waals surface area contributed by atoms with Crippen LogP contribution in [-0.2, 0) is 27.2 Å². The number of rotatable bonds is 5. The molecular weight excluding hydrogens is 358 g/mol. The van der Waals surface area contributed by atoms with Gasteiger partial charge in [0.25, 0.3) is 5.91 Å². The van der Waals surface area contributed by atoms with E-state index in [1.54, 1.807) is 9.80 Å². The molecule has 0 unspecified atom stereocenters. The van der Waals surface area contributed by atoms with Crippen LogP contribution in [0.4, 0.5) is 16.2 Å². The van der Waals surface area contributed by atoms with E-state index in [-0.39, 0.29) is 24.7 Å². The van der Waals surface area contributed by atoms with Gasteiger partial charge in [-0.25, -0.2) is 4.79 Å². The topological polar surface area (TPSA) is 85.1 Å². The van der Waals surface area contributed by atoms with Crippen molar-refractivity contribution in [3.05, 3.63) is 59.7 Å². The Hall–Kier alpha value is -2.90. The summed E-state index contributed by atoms with van der Waals surface area (Å²) in [6, 6.07) is 15.3. The fraction of sp³-hybridized carbons (Fsp3) is 0.333. The van der Waals surface area contributed by atoms with Gasteiger partial charge in [-0.2, -0.15) is 0 Å². The highest BCUT2D eigenvalue weighted by atomic mass is 16.6. The minimum atomic E-state index is -0.356. The number of ether oxygens (including phenoxy) is 2. The fourth-order valence-electron chi connectivity index (χ4n) is 3.64. The number of hydrogen-bond donors (Lipinski definition) is 1. The molecule has 0 spiro atoms. The van der Waals surface area contributed by atoms with Crippen LogP contribution in [0.25, 0.3) is 0 Å². The number of nitrogens with zero attached hydrogens (tertiary/aromatic N) is 2. The van der Waals surface area contributed by atoms with E-state index in [2.05, 4.69) is 0 Å². The number of morpholine rings is 1. The highest BCUT2D eigenvalue weighted by Crippen LogP contribution is 2.27. The molecule has 2 aromatic rings. The zero-order valence-electron chi connectivity index (χ0n) is 15.5. The molecule has 2 aromatic carbocycles. The molecule has 1 atom stereocenters. The third-order valence-corrected chi connectivity index (χ3v) is 5.12. The molecule has 0 aliphatic carbocycles. The molecule has 0 aromatic heterocycles. The Morgan fingerprint density at radius 1 is 0.964 bits per heavy atom. The van der Waals surface area contributed by atoms with Gasteiger partial charge in [-0.1, -0.05) is 24.3 Å². The van der Waals surface area contributed by atoms with Crippen molar-refractivity contribution in [1.82, 2.24) is 0 Å². The lowest BCUT2D eigenvalue weighted by molar-refractivity contribution is -0.125. The standard InChI is InChI=1S/C21H23N3O4/c22-12-16-4-2-1-3-15(16)11-19-13-24(21(26)28-19)18-7-5-17(6-8-18)23-9-10-27-14-20(23)25/h1-8,19H,9-14,22H2/t19-/m0/s1. The molecule has 2 fully saturated rings. The molecule has 2 saturated heterocycles. The second-order valence-corrected chi connectivity index (χ2v) is 6.91. The van der Waals surface area contributed by atoms with Gasteiger partial charge in [-0.15, -0.1) is 0 Å². The van der Waals surface area contributed by atoms with Crippen molar-refractivity contribution < 1.29 is 19.1 Å². The molecule has 2 aliphatic heterocycles. The van der Waals surface area contributed by atoms with E-state index < -0.39 is 0 Å². The maximum atomic E-state index is 12.4. The molecule has 2 aliphatic rings. The monoisotopic (exact) mass is 381 g/mol. The number of anilines is 2. The van der Waals surface area contributed by atoms with E-state index in [4.69, 9.17) is 15.2 Å². The van der Waals surface area contributed by atoms with Crippen LogP contribution in [0.2, 0.25) is 0 Å². The Labute approximate surface area is 163 Å². The lowest BCUT2D eigenvalue weighted by atomic mass is 10.0. The first-order valence-corrected chi connectivity index (χ1v) is 9.39. The molecule has 0 radical (unpaired) electrons. The first-order chi connectivity index (χ1) is 13.7. The number of hydrogen-bond acceptors (Lipinski definition) is 5. The molecule has 2 heterocycles. The zero-order chi connectivity index (χ0) is 19.5. The molecule has 2 N–H and O–H groups in total. The maximum Gasteiger partial charge on any atom is 0.414 e. The lowest BCUT2D eigenvalue weighted by Crippen LogP contribution is -2.41. The SMILES string of the molecule is NCc1ccccc1C[C@H]1CN(c2ccc(N3CCOCC3=O)cc2)C(=O)O1. The summed E-state index contributed by atoms with van der Waals surface area (Å²) in [5, 5.41) is 0. The second-order valence-electron chi connectivity index (χ2n) is 6.91. The van der Waals surface area contributed by atoms with Crippen molar-refractivity contribution in [3.63, 3.8) is 0 Å². The molecular formula is C21H23N3O4. The summed E-state index contributed by atoms with van der Waals surface area (Å²) < 4.78 is 10.7. The van der Waals surface area contributed by atoms with Crippen LogP contribution < -0.4 is 15.5 Å². The minimum absolute atomic E-state index is 0.0572. The van der Waals surface area contributed by atoms with Crippen molar-refractivity contribution in [1.29, 1.82) is 0 Å². The zero-order valence-corrected chi connectivity index (χ0v) is 15.5. The average Bonchev–Trinajstić information content (AvgIpc) is 3.09. The van der Waals surface area contributed by atoms with Crippen LogP contribution in [0.15, 0.2) is 48.5 Å². The van der Waals surface area contributed by atoms with Crippen molar-refractivity contribution in [2.45, 2.75) is 19.1 Å². The largest absolute Gasteiger partial charge is 0.444 e. The number of carbonyl (C=O) groups is 2. The first kappa shape index (κ1) is 18.5. The van der Waals surface area contributed by atoms with Gasteiger partial charge < -0.3 is 20.1 Å². The summed E-state index contributed by atoms with van der Waals surface area (Å²) in [6.07, 6.45) is 0.0572. The smallest absolute Gasteiger partial charge is 0.414 e. The molecule has 28 heavy (non-hydrogen) atoms. The van der Waals surface area contributed by atoms with Gasteiger partial charge in [0.15, 0.2) is 0 Å². The maximum absolute atomic E-state index is 12.4. The predicted molar refractivity (Wildman–Crippen MR) is 105 cm³/mol. The lowest BCUT2D eigenvalue weighted by Gasteiger charge is -2.27. The molecule has 0 saturated carbocycles. The molecule has 146 valence electrons. The number of carbonyl (C=O) groups excluding carboxylic acids is 2. The third kappa shape index (κ3) is 3.72. The van der Waals surface area contributed by atoms with Gasteiger partial charge in [-0.05, 0) is 35.4 Å². The van der Waals surface area contributed by atoms with Crippen LogP contribution in [0.5, 0.6) is 0 Å². The first-order valence-electron chi connectivity index (χ1n) is 9.39. The van der Waals surface area contributed by atoms with E-state index in [1.165, 1.54) is 0 Å². The van der Waals surface area contributed by atoms with Crippen molar-refractivity contribution in [2.24, 2.45) is 5.73 Å². The van der Waals surface area contributed by atoms with Crippen LogP contribution in [0.1, 0.15) is 11.1 Å². The Kier molecular flexibility index (Phi) is 5.27. The predicted octanol–water partition coefficient (Wildman–Crippen LogP) is 2.08. The van der Waals surface area contributed by atoms with E-state index in [0.717, 1.165) is 22.5 Å². The van der Waals surface area contributed by atoms with Gasteiger partial charge in [0.2, 0.25) is 0 Å². The summed E-state index contributed by atoms with van der Waals surface area (Å²) in [5.74, 6) is -0.0572. The number of cyclic esters (lactones) is 1. The van der Waals surface area contributed by atoms with Gasteiger partial charge in [0, 0.05) is 30.9 Å². The highest BCUT2D eigenvalue weighted by molar-refractivity contribution is 5.95. The number of amides is 2. The van der Waals surface area contributed by atoms with Crippen LogP contribution >= 0.6 is 0 Å². The van der Waals surface area contributed by atoms with Gasteiger partial charge in [0.05, 0.1) is 13.2 Å². The quantitative estimate of drug-likeness (QED) is 0.857. The van der Waals surface area contributed by atoms with Crippen molar-refractivity contribution in [3.8, 4) is 0 Å². The summed E-state index contributed by atoms with van der Waals surface area (Å²) in [7, 11) is 0. The Morgan fingerprint density at radius 2 is 1.64 bits per heavy atom. The highest BCUT2D eigenvalue weighted by Gasteiger charge is 2.33. The second kappa shape index (κ2) is 8.00. The summed E-state index contributed by atoms with van der Waals surface area (Å²) in [4.78, 5) is 27.7. The molecule has 2 amide bonds. The van der Waals surface area contributed by atoms with E-state index in [0.29, 0.717) is 32.7 Å². The van der Waals surface area contributed by atoms with Crippen LogP contribution in [0.3, 0.4) is 0 Å². The molecule has 0 bridgehead atoms. The Bertz CT molecular complexity index is 868. The Balaban J connectivity index is 1.44. The van der Waals surface area contributed by atoms with Crippen LogP contribution in [-0.4, -0.2) is 44.4 Å². The number of benzene rings is 2. The number of nitrogens with two attached hydrogens (primary N) is 1. The normalized spacial score (nSPS) is 19.8. The van der Waals surface area contributed by atoms with E-state index in [9.17, 15) is 9.59 Å². The molecule has 4 rings (SSSR count). The summed E-state index contributed by atoms with van der Waals surface area (Å²) >= 11 is 0. The van der Waals surface area contributed by atoms with Gasteiger partial charge in [0.1, 0.15) is 12.7 Å². The van der Waals surface area contributed by atoms with Crippen molar-refractivity contribution >= 4 is 23.4 Å². The van der Waals surface area contributed by atoms with E-state index in [1.807, 2.05) is 48.5 Å². The van der Waals surface area contributed by atoms with Crippen molar-refractivity contribution in [2.75, 3.05) is 36.1 Å². The molecule has 7 heteroatoms. The van der Waals surface area contributed by atoms with Gasteiger partial charge >= 0.3 is 6.09 Å².